The molecule has 0 aliphatic carbocycles. The average molecular weight is 420 g/mol. The first-order chi connectivity index (χ1) is 14.1. The summed E-state index contributed by atoms with van der Waals surface area (Å²) in [6, 6.07) is 17.2. The predicted octanol–water partition coefficient (Wildman–Crippen LogP) is 4.59. The number of phenolic OH excluding ortho intramolecular Hbond substituents is 1. The monoisotopic (exact) mass is 419 g/mol. The van der Waals surface area contributed by atoms with Gasteiger partial charge in [-0.2, -0.15) is 4.99 Å². The molecule has 2 aliphatic rings. The highest BCUT2D eigenvalue weighted by molar-refractivity contribution is 8.15. The van der Waals surface area contributed by atoms with Crippen LogP contribution in [0.1, 0.15) is 12.5 Å². The number of carbonyl (C=O) groups is 1. The predicted molar refractivity (Wildman–Crippen MR) is 121 cm³/mol. The van der Waals surface area contributed by atoms with E-state index >= 15 is 0 Å². The summed E-state index contributed by atoms with van der Waals surface area (Å²) in [7, 11) is -2.69. The van der Waals surface area contributed by atoms with Crippen LogP contribution in [-0.4, -0.2) is 29.8 Å². The zero-order valence-electron chi connectivity index (χ0n) is 16.0. The lowest BCUT2D eigenvalue weighted by atomic mass is 10.1. The van der Waals surface area contributed by atoms with Gasteiger partial charge in [-0.3, -0.25) is 4.79 Å². The van der Waals surface area contributed by atoms with Gasteiger partial charge in [0.05, 0.1) is 5.25 Å². The molecule has 4 rings (SSSR count). The largest absolute Gasteiger partial charge is 0.520 e. The van der Waals surface area contributed by atoms with E-state index in [1.54, 1.807) is 12.1 Å². The molecule has 0 aromatic heterocycles. The summed E-state index contributed by atoms with van der Waals surface area (Å²) >= 11 is 1.19. The Balaban J connectivity index is 1.68. The van der Waals surface area contributed by atoms with E-state index in [9.17, 15) is 9.90 Å². The Kier molecular flexibility index (Phi) is 5.55. The van der Waals surface area contributed by atoms with Gasteiger partial charge in [0, 0.05) is 0 Å². The van der Waals surface area contributed by atoms with E-state index in [0.717, 1.165) is 15.9 Å². The van der Waals surface area contributed by atoms with Crippen LogP contribution in [-0.2, 0) is 10.8 Å². The third-order valence-electron chi connectivity index (χ3n) is 5.03. The highest BCUT2D eigenvalue weighted by Crippen LogP contribution is 2.31. The van der Waals surface area contributed by atoms with Crippen LogP contribution in [0.5, 0.6) is 5.75 Å². The minimum atomic E-state index is -2.69. The molecule has 2 atom stereocenters. The Morgan fingerprint density at radius 3 is 2.59 bits per heavy atom. The van der Waals surface area contributed by atoms with Gasteiger partial charge in [-0.25, -0.2) is 0 Å². The molecule has 0 fully saturated rings. The van der Waals surface area contributed by atoms with Gasteiger partial charge in [-0.15, -0.1) is 0 Å². The Bertz CT molecular complexity index is 1030. The molecule has 1 N–H and O–H groups in total. The minimum absolute atomic E-state index is 0.183. The highest BCUT2D eigenvalue weighted by Gasteiger charge is 2.43. The van der Waals surface area contributed by atoms with Crippen LogP contribution in [0.4, 0.5) is 4.79 Å². The fourth-order valence-electron chi connectivity index (χ4n) is 3.48. The second-order valence-electron chi connectivity index (χ2n) is 6.99. The van der Waals surface area contributed by atoms with Crippen LogP contribution in [0.2, 0.25) is 0 Å². The van der Waals surface area contributed by atoms with E-state index in [2.05, 4.69) is 35.8 Å². The first-order valence-corrected chi connectivity index (χ1v) is 12.3. The van der Waals surface area contributed by atoms with Crippen molar-refractivity contribution in [2.24, 2.45) is 4.99 Å². The van der Waals surface area contributed by atoms with Gasteiger partial charge >= 0.3 is 13.6 Å². The molecule has 6 heteroatoms. The van der Waals surface area contributed by atoms with Gasteiger partial charge in [-0.1, -0.05) is 66.8 Å². The van der Waals surface area contributed by atoms with E-state index in [0.29, 0.717) is 12.3 Å². The Labute approximate surface area is 175 Å². The maximum absolute atomic E-state index is 12.2. The Morgan fingerprint density at radius 1 is 1.07 bits per heavy atom. The lowest BCUT2D eigenvalue weighted by molar-refractivity contribution is 0.267. The molecule has 0 spiro atoms. The molecule has 29 heavy (non-hydrogen) atoms. The molecule has 0 saturated heterocycles. The first kappa shape index (κ1) is 19.5. The third kappa shape index (κ3) is 4.13. The van der Waals surface area contributed by atoms with E-state index in [4.69, 9.17) is 4.43 Å². The molecule has 2 aliphatic heterocycles. The SMILES string of the molecule is CC1=CC=CC=C[Si]1(OC1=NC(=O)SC1Cc1ccc(O)cc1)c1ccccc1. The summed E-state index contributed by atoms with van der Waals surface area (Å²) in [6.45, 7) is 2.08. The molecule has 2 unspecified atom stereocenters. The van der Waals surface area contributed by atoms with Crippen molar-refractivity contribution in [1.29, 1.82) is 0 Å². The molecule has 0 radical (unpaired) electrons. The molecular weight excluding hydrogens is 398 g/mol. The van der Waals surface area contributed by atoms with Crippen LogP contribution >= 0.6 is 11.8 Å². The standard InChI is InChI=1S/C23H21NO3SSi/c1-17-8-4-3-7-15-29(17,20-9-5-2-6-10-20)27-22-21(28-23(26)24-22)16-18-11-13-19(25)14-12-18/h2-15,21,25H,16H2,1H3. The quantitative estimate of drug-likeness (QED) is 0.737. The van der Waals surface area contributed by atoms with E-state index < -0.39 is 8.32 Å². The first-order valence-electron chi connectivity index (χ1n) is 9.42. The highest BCUT2D eigenvalue weighted by atomic mass is 32.2. The maximum Gasteiger partial charge on any atom is 0.337 e. The molecular formula is C23H21NO3SSi. The van der Waals surface area contributed by atoms with Crippen molar-refractivity contribution in [1.82, 2.24) is 0 Å². The number of benzene rings is 2. The number of allylic oxidation sites excluding steroid dienone is 5. The van der Waals surface area contributed by atoms with Crippen molar-refractivity contribution in [2.75, 3.05) is 0 Å². The molecule has 4 nitrogen and oxygen atoms in total. The molecule has 0 saturated carbocycles. The fraction of sp³-hybridized carbons (Fsp3) is 0.130. The fourth-order valence-corrected chi connectivity index (χ4v) is 7.62. The Morgan fingerprint density at radius 2 is 1.83 bits per heavy atom. The van der Waals surface area contributed by atoms with Crippen molar-refractivity contribution >= 4 is 36.4 Å². The summed E-state index contributed by atoms with van der Waals surface area (Å²) in [5, 5.41) is 11.4. The number of phenols is 1. The summed E-state index contributed by atoms with van der Waals surface area (Å²) in [6.07, 6.45) is 8.72. The van der Waals surface area contributed by atoms with Crippen molar-refractivity contribution in [3.05, 3.63) is 95.4 Å². The number of aromatic hydroxyl groups is 1. The number of aliphatic imine (C=N–C) groups is 1. The van der Waals surface area contributed by atoms with Gasteiger partial charge in [0.15, 0.2) is 5.90 Å². The van der Waals surface area contributed by atoms with Gasteiger partial charge in [0.1, 0.15) is 5.75 Å². The number of carbonyl (C=O) groups excluding carboxylic acids is 1. The Hall–Kier alpha value is -2.83. The zero-order valence-corrected chi connectivity index (χ0v) is 17.8. The molecule has 1 amide bonds. The van der Waals surface area contributed by atoms with Crippen molar-refractivity contribution < 1.29 is 14.3 Å². The van der Waals surface area contributed by atoms with E-state index in [-0.39, 0.29) is 16.2 Å². The summed E-state index contributed by atoms with van der Waals surface area (Å²) in [5.74, 6) is 0.712. The molecule has 2 aromatic carbocycles. The topological polar surface area (TPSA) is 58.9 Å². The van der Waals surface area contributed by atoms with Crippen LogP contribution < -0.4 is 5.19 Å². The van der Waals surface area contributed by atoms with Crippen LogP contribution in [0, 0.1) is 0 Å². The van der Waals surface area contributed by atoms with Crippen molar-refractivity contribution in [2.45, 2.75) is 18.6 Å². The smallest absolute Gasteiger partial charge is 0.337 e. The summed E-state index contributed by atoms with van der Waals surface area (Å²) in [5.41, 5.74) is 3.16. The number of rotatable bonds is 4. The van der Waals surface area contributed by atoms with E-state index in [1.165, 1.54) is 11.8 Å². The number of thioether (sulfide) groups is 1. The maximum atomic E-state index is 12.2. The number of nitrogens with zero attached hydrogens (tertiary/aromatic N) is 1. The van der Waals surface area contributed by atoms with Gasteiger partial charge in [-0.05, 0) is 58.9 Å². The van der Waals surface area contributed by atoms with Gasteiger partial charge in [0.25, 0.3) is 0 Å². The van der Waals surface area contributed by atoms with Gasteiger partial charge in [0.2, 0.25) is 0 Å². The second kappa shape index (κ2) is 8.27. The van der Waals surface area contributed by atoms with Crippen LogP contribution in [0.25, 0.3) is 0 Å². The normalized spacial score (nSPS) is 23.5. The lowest BCUT2D eigenvalue weighted by Gasteiger charge is -2.31. The average Bonchev–Trinajstić information content (AvgIpc) is 2.95. The summed E-state index contributed by atoms with van der Waals surface area (Å²) < 4.78 is 6.70. The van der Waals surface area contributed by atoms with Crippen LogP contribution in [0.15, 0.2) is 94.8 Å². The molecule has 0 bridgehead atoms. The number of amides is 1. The summed E-state index contributed by atoms with van der Waals surface area (Å²) in [4.78, 5) is 16.4. The van der Waals surface area contributed by atoms with Gasteiger partial charge < -0.3 is 9.53 Å². The number of hydrogen-bond acceptors (Lipinski definition) is 4. The van der Waals surface area contributed by atoms with Crippen molar-refractivity contribution in [3.8, 4) is 5.75 Å². The van der Waals surface area contributed by atoms with Crippen molar-refractivity contribution in [3.63, 3.8) is 0 Å². The molecule has 2 aromatic rings. The third-order valence-corrected chi connectivity index (χ3v) is 9.70. The van der Waals surface area contributed by atoms with E-state index in [1.807, 2.05) is 48.6 Å². The van der Waals surface area contributed by atoms with Crippen LogP contribution in [0.3, 0.4) is 0 Å². The zero-order chi connectivity index (χ0) is 20.3. The second-order valence-corrected chi connectivity index (χ2v) is 11.5. The number of hydrogen-bond donors (Lipinski definition) is 1. The minimum Gasteiger partial charge on any atom is -0.520 e. The molecule has 2 heterocycles. The molecule has 146 valence electrons. The lowest BCUT2D eigenvalue weighted by Crippen LogP contribution is -2.53.